The predicted octanol–water partition coefficient (Wildman–Crippen LogP) is 1.60. The largest absolute Gasteiger partial charge is 0.348 e. The lowest BCUT2D eigenvalue weighted by Gasteiger charge is -2.30. The van der Waals surface area contributed by atoms with E-state index in [0.717, 1.165) is 18.7 Å². The lowest BCUT2D eigenvalue weighted by atomic mass is 9.96. The van der Waals surface area contributed by atoms with Crippen LogP contribution in [-0.4, -0.2) is 55.0 Å². The van der Waals surface area contributed by atoms with E-state index in [0.29, 0.717) is 35.4 Å². The number of carbonyl (C=O) groups is 2. The van der Waals surface area contributed by atoms with E-state index >= 15 is 0 Å². The Balaban J connectivity index is 1.37. The number of nitrogens with one attached hydrogen (secondary N) is 3. The second-order valence-corrected chi connectivity index (χ2v) is 6.89. The minimum absolute atomic E-state index is 0.294. The molecular weight excluding hydrogens is 354 g/mol. The molecule has 0 aliphatic carbocycles. The van der Waals surface area contributed by atoms with Crippen LogP contribution >= 0.6 is 11.3 Å². The molecule has 26 heavy (non-hydrogen) atoms. The lowest BCUT2D eigenvalue weighted by Crippen LogP contribution is -2.44. The number of carbonyl (C=O) groups excluding carboxylic acids is 2. The van der Waals surface area contributed by atoms with Gasteiger partial charge >= 0.3 is 11.8 Å². The van der Waals surface area contributed by atoms with Gasteiger partial charge in [0, 0.05) is 43.0 Å². The molecule has 3 N–H and O–H groups in total. The molecule has 0 aromatic carbocycles. The summed E-state index contributed by atoms with van der Waals surface area (Å²) >= 11 is 1.42. The van der Waals surface area contributed by atoms with Gasteiger partial charge in [0.1, 0.15) is 16.5 Å². The normalized spacial score (nSPS) is 15.2. The van der Waals surface area contributed by atoms with Crippen molar-refractivity contribution in [3.05, 3.63) is 36.0 Å². The molecule has 0 spiro atoms. The van der Waals surface area contributed by atoms with Crippen molar-refractivity contribution in [1.82, 2.24) is 30.0 Å². The van der Waals surface area contributed by atoms with Crippen LogP contribution < -0.4 is 5.32 Å². The molecule has 0 saturated carbocycles. The van der Waals surface area contributed by atoms with Gasteiger partial charge in [-0.25, -0.2) is 9.97 Å². The van der Waals surface area contributed by atoms with Gasteiger partial charge in [-0.15, -0.1) is 11.3 Å². The maximum absolute atomic E-state index is 12.5. The SMILES string of the molecule is O=C(Nc1cn[nH]c1-c1nccs1)C(=O)N1CCC(c2ncc[nH]2)CC1. The number of likely N-dealkylation sites (tertiary alicyclic amines) is 1. The molecule has 1 aliphatic rings. The average molecular weight is 371 g/mol. The number of anilines is 1. The van der Waals surface area contributed by atoms with Crippen LogP contribution in [0.25, 0.3) is 10.7 Å². The Hall–Kier alpha value is -3.01. The fourth-order valence-electron chi connectivity index (χ4n) is 3.07. The minimum Gasteiger partial charge on any atom is -0.348 e. The molecule has 4 rings (SSSR count). The zero-order chi connectivity index (χ0) is 17.9. The van der Waals surface area contributed by atoms with Gasteiger partial charge in [0.05, 0.1) is 11.9 Å². The fraction of sp³-hybridized carbons (Fsp3) is 0.312. The van der Waals surface area contributed by atoms with Crippen molar-refractivity contribution in [3.8, 4) is 10.7 Å². The summed E-state index contributed by atoms with van der Waals surface area (Å²) in [4.78, 5) is 38.0. The molecule has 1 aliphatic heterocycles. The van der Waals surface area contributed by atoms with Gasteiger partial charge in [-0.1, -0.05) is 0 Å². The summed E-state index contributed by atoms with van der Waals surface area (Å²) < 4.78 is 0. The Labute approximate surface area is 152 Å². The van der Waals surface area contributed by atoms with E-state index in [2.05, 4.69) is 30.5 Å². The van der Waals surface area contributed by atoms with E-state index in [1.807, 2.05) is 5.38 Å². The zero-order valence-electron chi connectivity index (χ0n) is 13.8. The molecule has 3 aromatic rings. The molecule has 1 saturated heterocycles. The number of hydrogen-bond donors (Lipinski definition) is 3. The van der Waals surface area contributed by atoms with E-state index in [4.69, 9.17) is 0 Å². The van der Waals surface area contributed by atoms with Crippen molar-refractivity contribution in [2.45, 2.75) is 18.8 Å². The average Bonchev–Trinajstić information content (AvgIpc) is 3.42. The van der Waals surface area contributed by atoms with E-state index in [1.165, 1.54) is 17.5 Å². The third-order valence-corrected chi connectivity index (χ3v) is 5.21. The highest BCUT2D eigenvalue weighted by atomic mass is 32.1. The predicted molar refractivity (Wildman–Crippen MR) is 95.5 cm³/mol. The molecule has 10 heteroatoms. The Kier molecular flexibility index (Phi) is 4.48. The Morgan fingerprint density at radius 2 is 2.08 bits per heavy atom. The Bertz CT molecular complexity index is 880. The molecular formula is C16H17N7O2S. The third-order valence-electron chi connectivity index (χ3n) is 4.42. The number of aromatic nitrogens is 5. The van der Waals surface area contributed by atoms with E-state index < -0.39 is 11.8 Å². The van der Waals surface area contributed by atoms with Crippen molar-refractivity contribution in [1.29, 1.82) is 0 Å². The Morgan fingerprint density at radius 3 is 2.77 bits per heavy atom. The van der Waals surface area contributed by atoms with Crippen LogP contribution in [0.4, 0.5) is 5.69 Å². The molecule has 9 nitrogen and oxygen atoms in total. The fourth-order valence-corrected chi connectivity index (χ4v) is 3.71. The van der Waals surface area contributed by atoms with Gasteiger partial charge in [-0.05, 0) is 12.8 Å². The third kappa shape index (κ3) is 3.23. The van der Waals surface area contributed by atoms with E-state index in [-0.39, 0.29) is 0 Å². The number of imidazole rings is 1. The maximum atomic E-state index is 12.5. The lowest BCUT2D eigenvalue weighted by molar-refractivity contribution is -0.143. The first-order valence-electron chi connectivity index (χ1n) is 8.25. The highest BCUT2D eigenvalue weighted by Gasteiger charge is 2.29. The first kappa shape index (κ1) is 16.5. The van der Waals surface area contributed by atoms with Crippen LogP contribution in [0, 0.1) is 0 Å². The van der Waals surface area contributed by atoms with Crippen LogP contribution in [0.5, 0.6) is 0 Å². The second-order valence-electron chi connectivity index (χ2n) is 5.99. The summed E-state index contributed by atoms with van der Waals surface area (Å²) in [7, 11) is 0. The highest BCUT2D eigenvalue weighted by Crippen LogP contribution is 2.28. The number of thiazole rings is 1. The molecule has 2 amide bonds. The second kappa shape index (κ2) is 7.08. The van der Waals surface area contributed by atoms with Gasteiger partial charge in [-0.2, -0.15) is 5.10 Å². The first-order chi connectivity index (χ1) is 12.7. The van der Waals surface area contributed by atoms with Crippen LogP contribution in [-0.2, 0) is 9.59 Å². The molecule has 3 aromatic heterocycles. The summed E-state index contributed by atoms with van der Waals surface area (Å²) in [6.07, 6.45) is 8.23. The van der Waals surface area contributed by atoms with Crippen LogP contribution in [0.1, 0.15) is 24.6 Å². The van der Waals surface area contributed by atoms with Crippen molar-refractivity contribution in [2.75, 3.05) is 18.4 Å². The number of rotatable bonds is 3. The molecule has 4 heterocycles. The summed E-state index contributed by atoms with van der Waals surface area (Å²) in [5.74, 6) is 0.0327. The van der Waals surface area contributed by atoms with Crippen LogP contribution in [0.15, 0.2) is 30.2 Å². The summed E-state index contributed by atoms with van der Waals surface area (Å²) in [5, 5.41) is 11.9. The van der Waals surface area contributed by atoms with Gasteiger partial charge in [0.25, 0.3) is 0 Å². The highest BCUT2D eigenvalue weighted by molar-refractivity contribution is 7.13. The van der Waals surface area contributed by atoms with Crippen molar-refractivity contribution < 1.29 is 9.59 Å². The Morgan fingerprint density at radius 1 is 1.23 bits per heavy atom. The van der Waals surface area contributed by atoms with Gasteiger partial charge in [0.2, 0.25) is 0 Å². The van der Waals surface area contributed by atoms with Crippen molar-refractivity contribution in [3.63, 3.8) is 0 Å². The first-order valence-corrected chi connectivity index (χ1v) is 9.13. The molecule has 0 radical (unpaired) electrons. The van der Waals surface area contributed by atoms with Crippen molar-refractivity contribution >= 4 is 28.8 Å². The van der Waals surface area contributed by atoms with Crippen LogP contribution in [0.3, 0.4) is 0 Å². The number of H-pyrrole nitrogens is 2. The zero-order valence-corrected chi connectivity index (χ0v) is 14.6. The summed E-state index contributed by atoms with van der Waals surface area (Å²) in [5.41, 5.74) is 1.04. The number of aromatic amines is 2. The van der Waals surface area contributed by atoms with Crippen LogP contribution in [0.2, 0.25) is 0 Å². The number of amides is 2. The number of hydrogen-bond acceptors (Lipinski definition) is 6. The smallest absolute Gasteiger partial charge is 0.314 e. The standard InChI is InChI=1S/C16H17N7O2S/c24-14(21-11-9-20-22-12(11)15-19-5-8-26-15)16(25)23-6-1-10(2-7-23)13-17-3-4-18-13/h3-5,8-10H,1-2,6-7H2,(H,17,18)(H,20,22)(H,21,24). The number of nitrogens with zero attached hydrogens (tertiary/aromatic N) is 4. The minimum atomic E-state index is -0.666. The number of piperidine rings is 1. The summed E-state index contributed by atoms with van der Waals surface area (Å²) in [6, 6.07) is 0. The molecule has 0 unspecified atom stereocenters. The molecule has 0 atom stereocenters. The van der Waals surface area contributed by atoms with Crippen molar-refractivity contribution in [2.24, 2.45) is 0 Å². The maximum Gasteiger partial charge on any atom is 0.314 e. The molecule has 134 valence electrons. The van der Waals surface area contributed by atoms with Gasteiger partial charge < -0.3 is 15.2 Å². The quantitative estimate of drug-likeness (QED) is 0.604. The summed E-state index contributed by atoms with van der Waals surface area (Å²) in [6.45, 7) is 1.06. The molecule has 0 bridgehead atoms. The van der Waals surface area contributed by atoms with Gasteiger partial charge in [-0.3, -0.25) is 14.7 Å². The van der Waals surface area contributed by atoms with Gasteiger partial charge in [0.15, 0.2) is 0 Å². The van der Waals surface area contributed by atoms with E-state index in [9.17, 15) is 9.59 Å². The monoisotopic (exact) mass is 371 g/mol. The molecule has 1 fully saturated rings. The van der Waals surface area contributed by atoms with E-state index in [1.54, 1.807) is 23.5 Å². The topological polar surface area (TPSA) is 120 Å².